The molecular formula is C15H19NO6. The Bertz CT molecular complexity index is 524. The first-order valence-electron chi connectivity index (χ1n) is 7.17. The third-order valence-corrected chi connectivity index (χ3v) is 3.83. The van der Waals surface area contributed by atoms with E-state index in [2.05, 4.69) is 5.32 Å². The van der Waals surface area contributed by atoms with E-state index >= 15 is 0 Å². The predicted octanol–water partition coefficient (Wildman–Crippen LogP) is -0.317. The van der Waals surface area contributed by atoms with Crippen LogP contribution in [0, 0.1) is 0 Å². The van der Waals surface area contributed by atoms with Gasteiger partial charge in [-0.2, -0.15) is 0 Å². The van der Waals surface area contributed by atoms with Crippen LogP contribution in [-0.2, 0) is 19.0 Å². The zero-order valence-corrected chi connectivity index (χ0v) is 12.1. The average Bonchev–Trinajstić information content (AvgIpc) is 2.52. The molecule has 0 radical (unpaired) electrons. The van der Waals surface area contributed by atoms with Crippen LogP contribution in [0.5, 0.6) is 0 Å². The summed E-state index contributed by atoms with van der Waals surface area (Å²) in [5, 5.41) is 22.8. The van der Waals surface area contributed by atoms with Crippen molar-refractivity contribution in [1.82, 2.24) is 5.32 Å². The standard InChI is InChI=1S/C15H19NO6/c1-8(17)16-11-12(18)13-10(21-14(11)19)7-20-15(22-13)9-5-3-2-4-6-9/h2-6,10-15,18-19H,7H2,1H3,(H,16,17)/t10-,11+,12-,13-,14+,15?/m1/s1. The lowest BCUT2D eigenvalue weighted by Crippen LogP contribution is -2.66. The Kier molecular flexibility index (Phi) is 4.42. The van der Waals surface area contributed by atoms with E-state index in [-0.39, 0.29) is 12.5 Å². The Labute approximate surface area is 127 Å². The van der Waals surface area contributed by atoms with Crippen molar-refractivity contribution >= 4 is 5.91 Å². The van der Waals surface area contributed by atoms with E-state index in [0.717, 1.165) is 5.56 Å². The monoisotopic (exact) mass is 309 g/mol. The molecule has 2 fully saturated rings. The van der Waals surface area contributed by atoms with Gasteiger partial charge in [-0.15, -0.1) is 0 Å². The van der Waals surface area contributed by atoms with Gasteiger partial charge in [0.15, 0.2) is 12.6 Å². The molecule has 1 aromatic rings. The fourth-order valence-corrected chi connectivity index (χ4v) is 2.78. The first-order chi connectivity index (χ1) is 10.6. The van der Waals surface area contributed by atoms with Gasteiger partial charge in [-0.25, -0.2) is 0 Å². The molecule has 2 saturated heterocycles. The molecule has 0 aromatic heterocycles. The predicted molar refractivity (Wildman–Crippen MR) is 74.5 cm³/mol. The maximum absolute atomic E-state index is 11.2. The number of ether oxygens (including phenoxy) is 3. The largest absolute Gasteiger partial charge is 0.388 e. The van der Waals surface area contributed by atoms with Gasteiger partial charge in [0, 0.05) is 12.5 Å². The summed E-state index contributed by atoms with van der Waals surface area (Å²) in [5.74, 6) is -0.364. The van der Waals surface area contributed by atoms with Crippen molar-refractivity contribution in [1.29, 1.82) is 0 Å². The van der Waals surface area contributed by atoms with Crippen LogP contribution in [0.3, 0.4) is 0 Å². The number of carbonyl (C=O) groups excluding carboxylic acids is 1. The first kappa shape index (κ1) is 15.4. The molecule has 7 nitrogen and oxygen atoms in total. The van der Waals surface area contributed by atoms with Crippen LogP contribution >= 0.6 is 0 Å². The molecule has 2 heterocycles. The van der Waals surface area contributed by atoms with Gasteiger partial charge in [-0.05, 0) is 0 Å². The van der Waals surface area contributed by atoms with Crippen molar-refractivity contribution in [2.75, 3.05) is 6.61 Å². The quantitative estimate of drug-likeness (QED) is 0.693. The minimum Gasteiger partial charge on any atom is -0.388 e. The Balaban J connectivity index is 1.75. The van der Waals surface area contributed by atoms with Crippen LogP contribution < -0.4 is 5.32 Å². The molecule has 0 saturated carbocycles. The van der Waals surface area contributed by atoms with Crippen molar-refractivity contribution in [2.45, 2.75) is 43.9 Å². The van der Waals surface area contributed by atoms with E-state index in [1.807, 2.05) is 30.3 Å². The van der Waals surface area contributed by atoms with E-state index in [1.165, 1.54) is 6.92 Å². The summed E-state index contributed by atoms with van der Waals surface area (Å²) >= 11 is 0. The second-order valence-corrected chi connectivity index (χ2v) is 5.46. The van der Waals surface area contributed by atoms with Gasteiger partial charge in [-0.3, -0.25) is 4.79 Å². The summed E-state index contributed by atoms with van der Waals surface area (Å²) in [5.41, 5.74) is 0.829. The zero-order chi connectivity index (χ0) is 15.7. The topological polar surface area (TPSA) is 97.3 Å². The van der Waals surface area contributed by atoms with Crippen molar-refractivity contribution in [2.24, 2.45) is 0 Å². The minimum absolute atomic E-state index is 0.186. The molecule has 2 aliphatic rings. The number of fused-ring (bicyclic) bond motifs is 1. The van der Waals surface area contributed by atoms with E-state index in [0.29, 0.717) is 0 Å². The Morgan fingerprint density at radius 2 is 1.95 bits per heavy atom. The number of amides is 1. The molecule has 1 aromatic carbocycles. The number of hydrogen-bond acceptors (Lipinski definition) is 6. The van der Waals surface area contributed by atoms with Gasteiger partial charge in [0.2, 0.25) is 5.91 Å². The Hall–Kier alpha value is -1.51. The molecule has 0 aliphatic carbocycles. The Morgan fingerprint density at radius 3 is 2.64 bits per heavy atom. The van der Waals surface area contributed by atoms with E-state index < -0.39 is 36.9 Å². The summed E-state index contributed by atoms with van der Waals surface area (Å²) < 4.78 is 16.8. The molecule has 3 N–H and O–H groups in total. The molecule has 2 aliphatic heterocycles. The number of aliphatic hydroxyl groups excluding tert-OH is 2. The second-order valence-electron chi connectivity index (χ2n) is 5.46. The van der Waals surface area contributed by atoms with Gasteiger partial charge in [-0.1, -0.05) is 30.3 Å². The van der Waals surface area contributed by atoms with Crippen molar-refractivity contribution < 1.29 is 29.2 Å². The number of nitrogens with one attached hydrogen (secondary N) is 1. The number of rotatable bonds is 2. The fraction of sp³-hybridized carbons (Fsp3) is 0.533. The Morgan fingerprint density at radius 1 is 1.23 bits per heavy atom. The van der Waals surface area contributed by atoms with Crippen LogP contribution in [0.25, 0.3) is 0 Å². The number of hydrogen-bond donors (Lipinski definition) is 3. The maximum Gasteiger partial charge on any atom is 0.217 e. The van der Waals surface area contributed by atoms with Gasteiger partial charge >= 0.3 is 0 Å². The van der Waals surface area contributed by atoms with E-state index in [4.69, 9.17) is 14.2 Å². The second kappa shape index (κ2) is 6.31. The molecule has 6 atom stereocenters. The summed E-state index contributed by atoms with van der Waals surface area (Å²) in [4.78, 5) is 11.2. The summed E-state index contributed by atoms with van der Waals surface area (Å²) in [6, 6.07) is 8.41. The summed E-state index contributed by atoms with van der Waals surface area (Å²) in [6.07, 6.45) is -4.29. The lowest BCUT2D eigenvalue weighted by atomic mass is 9.96. The smallest absolute Gasteiger partial charge is 0.217 e. The van der Waals surface area contributed by atoms with Crippen LogP contribution in [0.2, 0.25) is 0 Å². The van der Waals surface area contributed by atoms with E-state index in [9.17, 15) is 15.0 Å². The third-order valence-electron chi connectivity index (χ3n) is 3.83. The maximum atomic E-state index is 11.2. The molecule has 0 bridgehead atoms. The highest BCUT2D eigenvalue weighted by molar-refractivity contribution is 5.73. The van der Waals surface area contributed by atoms with Crippen LogP contribution in [0.1, 0.15) is 18.8 Å². The fourth-order valence-electron chi connectivity index (χ4n) is 2.78. The highest BCUT2D eigenvalue weighted by atomic mass is 16.7. The molecule has 7 heteroatoms. The van der Waals surface area contributed by atoms with E-state index in [1.54, 1.807) is 0 Å². The number of benzene rings is 1. The first-order valence-corrected chi connectivity index (χ1v) is 7.17. The number of carbonyl (C=O) groups is 1. The van der Waals surface area contributed by atoms with Crippen molar-refractivity contribution in [3.8, 4) is 0 Å². The molecule has 22 heavy (non-hydrogen) atoms. The van der Waals surface area contributed by atoms with Gasteiger partial charge in [0.25, 0.3) is 0 Å². The molecular weight excluding hydrogens is 290 g/mol. The van der Waals surface area contributed by atoms with Gasteiger partial charge in [0.1, 0.15) is 24.4 Å². The minimum atomic E-state index is -1.30. The highest BCUT2D eigenvalue weighted by Gasteiger charge is 2.49. The summed E-state index contributed by atoms with van der Waals surface area (Å²) in [7, 11) is 0. The van der Waals surface area contributed by atoms with Crippen LogP contribution in [0.4, 0.5) is 0 Å². The third kappa shape index (κ3) is 2.99. The average molecular weight is 309 g/mol. The zero-order valence-electron chi connectivity index (χ0n) is 12.1. The molecule has 1 amide bonds. The molecule has 120 valence electrons. The lowest BCUT2D eigenvalue weighted by molar-refractivity contribution is -0.337. The van der Waals surface area contributed by atoms with Crippen LogP contribution in [-0.4, -0.2) is 53.4 Å². The SMILES string of the molecule is CC(=O)N[C@H]1[C@@H](O)[C@@H]2OC(c3ccccc3)OC[C@H]2O[C@@H]1O. The van der Waals surface area contributed by atoms with Gasteiger partial charge in [0.05, 0.1) is 6.61 Å². The van der Waals surface area contributed by atoms with Crippen molar-refractivity contribution in [3.63, 3.8) is 0 Å². The van der Waals surface area contributed by atoms with Crippen LogP contribution in [0.15, 0.2) is 30.3 Å². The summed E-state index contributed by atoms with van der Waals surface area (Å²) in [6.45, 7) is 1.49. The molecule has 0 spiro atoms. The molecule has 1 unspecified atom stereocenters. The van der Waals surface area contributed by atoms with Crippen molar-refractivity contribution in [3.05, 3.63) is 35.9 Å². The molecule has 3 rings (SSSR count). The number of aliphatic hydroxyl groups is 2. The lowest BCUT2D eigenvalue weighted by Gasteiger charge is -2.46. The van der Waals surface area contributed by atoms with Gasteiger partial charge < -0.3 is 29.7 Å². The normalized spacial score (nSPS) is 38.1. The highest BCUT2D eigenvalue weighted by Crippen LogP contribution is 2.33.